The minimum atomic E-state index is -0.201. The molecule has 1 fully saturated rings. The lowest BCUT2D eigenvalue weighted by molar-refractivity contribution is 0.0730. The Labute approximate surface area is 160 Å². The highest BCUT2D eigenvalue weighted by Gasteiger charge is 2.33. The zero-order valence-corrected chi connectivity index (χ0v) is 15.5. The molecule has 7 nitrogen and oxygen atoms in total. The topological polar surface area (TPSA) is 88.3 Å². The van der Waals surface area contributed by atoms with Crippen molar-refractivity contribution in [1.29, 1.82) is 0 Å². The molecule has 3 aromatic rings. The Morgan fingerprint density at radius 1 is 1.26 bits per heavy atom. The van der Waals surface area contributed by atoms with Crippen molar-refractivity contribution < 1.29 is 14.0 Å². The second-order valence-electron chi connectivity index (χ2n) is 6.28. The Morgan fingerprint density at radius 3 is 2.89 bits per heavy atom. The number of carbonyl (C=O) groups is 2. The molecule has 4 heterocycles. The third-order valence-electron chi connectivity index (χ3n) is 4.55. The third kappa shape index (κ3) is 3.48. The van der Waals surface area contributed by atoms with Crippen LogP contribution in [-0.4, -0.2) is 33.2 Å². The molecule has 4 rings (SSSR count). The largest absolute Gasteiger partial charge is 0.448 e. The second kappa shape index (κ2) is 7.32. The van der Waals surface area contributed by atoms with Gasteiger partial charge in [-0.2, -0.15) is 0 Å². The van der Waals surface area contributed by atoms with E-state index in [2.05, 4.69) is 15.3 Å². The van der Waals surface area contributed by atoms with Gasteiger partial charge < -0.3 is 14.6 Å². The highest BCUT2D eigenvalue weighted by molar-refractivity contribution is 7.14. The van der Waals surface area contributed by atoms with Crippen LogP contribution in [0.25, 0.3) is 0 Å². The van der Waals surface area contributed by atoms with E-state index in [4.69, 9.17) is 4.42 Å². The van der Waals surface area contributed by atoms with Crippen molar-refractivity contribution in [3.05, 3.63) is 64.1 Å². The molecule has 8 heteroatoms. The maximum absolute atomic E-state index is 12.8. The van der Waals surface area contributed by atoms with E-state index < -0.39 is 0 Å². The van der Waals surface area contributed by atoms with Crippen LogP contribution in [0.2, 0.25) is 0 Å². The van der Waals surface area contributed by atoms with Gasteiger partial charge in [-0.05, 0) is 44.0 Å². The molecule has 0 unspecified atom stereocenters. The average Bonchev–Trinajstić information content (AvgIpc) is 3.42. The number of carbonyl (C=O) groups excluding carboxylic acids is 2. The second-order valence-corrected chi connectivity index (χ2v) is 7.40. The summed E-state index contributed by atoms with van der Waals surface area (Å²) < 4.78 is 5.16. The molecule has 0 bridgehead atoms. The molecule has 1 N–H and O–H groups in total. The van der Waals surface area contributed by atoms with Gasteiger partial charge >= 0.3 is 0 Å². The van der Waals surface area contributed by atoms with Crippen LogP contribution in [-0.2, 0) is 0 Å². The maximum Gasteiger partial charge on any atom is 0.276 e. The number of aryl methyl sites for hydroxylation is 1. The van der Waals surface area contributed by atoms with Gasteiger partial charge in [0.2, 0.25) is 0 Å². The van der Waals surface area contributed by atoms with Crippen molar-refractivity contribution in [3.63, 3.8) is 0 Å². The first-order chi connectivity index (χ1) is 13.1. The highest BCUT2D eigenvalue weighted by atomic mass is 32.1. The summed E-state index contributed by atoms with van der Waals surface area (Å²) in [5.41, 5.74) is 0.353. The van der Waals surface area contributed by atoms with Gasteiger partial charge in [-0.25, -0.2) is 9.97 Å². The minimum Gasteiger partial charge on any atom is -0.448 e. The zero-order chi connectivity index (χ0) is 18.8. The SMILES string of the molecule is Cc1ocnc1C(=O)N1CCC[C@H]1c1ccc(C(=O)Nc2ccccn2)s1. The average molecular weight is 382 g/mol. The monoisotopic (exact) mass is 382 g/mol. The highest BCUT2D eigenvalue weighted by Crippen LogP contribution is 2.37. The van der Waals surface area contributed by atoms with Gasteiger partial charge in [0.25, 0.3) is 11.8 Å². The summed E-state index contributed by atoms with van der Waals surface area (Å²) in [4.78, 5) is 36.8. The summed E-state index contributed by atoms with van der Waals surface area (Å²) in [6.45, 7) is 2.40. The van der Waals surface area contributed by atoms with Gasteiger partial charge in [-0.3, -0.25) is 9.59 Å². The quantitative estimate of drug-likeness (QED) is 0.744. The van der Waals surface area contributed by atoms with Crippen LogP contribution in [0.1, 0.15) is 49.7 Å². The molecule has 0 spiro atoms. The zero-order valence-electron chi connectivity index (χ0n) is 14.7. The summed E-state index contributed by atoms with van der Waals surface area (Å²) in [6, 6.07) is 9.02. The Kier molecular flexibility index (Phi) is 4.72. The molecule has 0 saturated carbocycles. The van der Waals surface area contributed by atoms with Crippen LogP contribution in [0.5, 0.6) is 0 Å². The van der Waals surface area contributed by atoms with Crippen molar-refractivity contribution >= 4 is 29.0 Å². The number of likely N-dealkylation sites (tertiary alicyclic amines) is 1. The summed E-state index contributed by atoms with van der Waals surface area (Å²) in [7, 11) is 0. The number of rotatable bonds is 4. The summed E-state index contributed by atoms with van der Waals surface area (Å²) >= 11 is 1.40. The predicted octanol–water partition coefficient (Wildman–Crippen LogP) is 3.67. The summed E-state index contributed by atoms with van der Waals surface area (Å²) in [5, 5.41) is 2.78. The standard InChI is InChI=1S/C19H18N4O3S/c1-12-17(21-11-26-12)19(25)23-10-4-5-13(23)14-7-8-15(27-14)18(24)22-16-6-2-3-9-20-16/h2-3,6-9,11,13H,4-5,10H2,1H3,(H,20,22,24)/t13-/m0/s1. The van der Waals surface area contributed by atoms with Gasteiger partial charge in [-0.15, -0.1) is 11.3 Å². The third-order valence-corrected chi connectivity index (χ3v) is 5.73. The lowest BCUT2D eigenvalue weighted by Gasteiger charge is -2.23. The van der Waals surface area contributed by atoms with Crippen molar-refractivity contribution in [1.82, 2.24) is 14.9 Å². The van der Waals surface area contributed by atoms with Gasteiger partial charge in [0, 0.05) is 17.6 Å². The molecule has 1 aliphatic rings. The fourth-order valence-corrected chi connectivity index (χ4v) is 4.27. The number of nitrogens with zero attached hydrogens (tertiary/aromatic N) is 3. The molecule has 0 aliphatic carbocycles. The van der Waals surface area contributed by atoms with Crippen molar-refractivity contribution in [2.75, 3.05) is 11.9 Å². The molecule has 27 heavy (non-hydrogen) atoms. The molecule has 1 saturated heterocycles. The fraction of sp³-hybridized carbons (Fsp3) is 0.263. The number of oxazole rings is 1. The predicted molar refractivity (Wildman–Crippen MR) is 101 cm³/mol. The van der Waals surface area contributed by atoms with E-state index in [-0.39, 0.29) is 17.9 Å². The van der Waals surface area contributed by atoms with Gasteiger partial charge in [0.1, 0.15) is 11.6 Å². The van der Waals surface area contributed by atoms with E-state index in [9.17, 15) is 9.59 Å². The van der Waals surface area contributed by atoms with Crippen LogP contribution >= 0.6 is 11.3 Å². The van der Waals surface area contributed by atoms with E-state index in [0.29, 0.717) is 28.7 Å². The molecule has 0 radical (unpaired) electrons. The number of amides is 2. The molecule has 138 valence electrons. The van der Waals surface area contributed by atoms with E-state index in [1.807, 2.05) is 17.0 Å². The molecular formula is C19H18N4O3S. The van der Waals surface area contributed by atoms with Gasteiger partial charge in [0.05, 0.1) is 10.9 Å². The summed E-state index contributed by atoms with van der Waals surface area (Å²) in [5.74, 6) is 0.702. The van der Waals surface area contributed by atoms with E-state index in [1.165, 1.54) is 17.7 Å². The Morgan fingerprint density at radius 2 is 2.15 bits per heavy atom. The van der Waals surface area contributed by atoms with Crippen LogP contribution in [0.4, 0.5) is 5.82 Å². The summed E-state index contributed by atoms with van der Waals surface area (Å²) in [6.07, 6.45) is 4.70. The number of nitrogens with one attached hydrogen (secondary N) is 1. The number of hydrogen-bond acceptors (Lipinski definition) is 6. The molecule has 1 atom stereocenters. The molecule has 2 amide bonds. The lowest BCUT2D eigenvalue weighted by atomic mass is 10.1. The number of anilines is 1. The molecule has 1 aliphatic heterocycles. The normalized spacial score (nSPS) is 16.5. The van der Waals surface area contributed by atoms with Gasteiger partial charge in [-0.1, -0.05) is 6.07 Å². The lowest BCUT2D eigenvalue weighted by Crippen LogP contribution is -2.30. The van der Waals surface area contributed by atoms with Crippen LogP contribution < -0.4 is 5.32 Å². The molecule has 3 aromatic heterocycles. The van der Waals surface area contributed by atoms with Crippen molar-refractivity contribution in [3.8, 4) is 0 Å². The Bertz CT molecular complexity index is 966. The fourth-order valence-electron chi connectivity index (χ4n) is 3.22. The van der Waals surface area contributed by atoms with E-state index in [0.717, 1.165) is 17.7 Å². The number of hydrogen-bond donors (Lipinski definition) is 1. The number of pyridine rings is 1. The molecular weight excluding hydrogens is 364 g/mol. The smallest absolute Gasteiger partial charge is 0.276 e. The number of thiophene rings is 1. The van der Waals surface area contributed by atoms with E-state index >= 15 is 0 Å². The first-order valence-corrected chi connectivity index (χ1v) is 9.48. The van der Waals surface area contributed by atoms with Crippen LogP contribution in [0.15, 0.2) is 47.3 Å². The van der Waals surface area contributed by atoms with Crippen LogP contribution in [0, 0.1) is 6.92 Å². The first-order valence-electron chi connectivity index (χ1n) is 8.66. The molecule has 0 aromatic carbocycles. The Hall–Kier alpha value is -3.00. The van der Waals surface area contributed by atoms with Gasteiger partial charge in [0.15, 0.2) is 12.1 Å². The van der Waals surface area contributed by atoms with Crippen LogP contribution in [0.3, 0.4) is 0 Å². The minimum absolute atomic E-state index is 0.0463. The first kappa shape index (κ1) is 17.4. The van der Waals surface area contributed by atoms with Crippen molar-refractivity contribution in [2.24, 2.45) is 0 Å². The van der Waals surface area contributed by atoms with E-state index in [1.54, 1.807) is 31.3 Å². The van der Waals surface area contributed by atoms with Crippen molar-refractivity contribution in [2.45, 2.75) is 25.8 Å². The maximum atomic E-state index is 12.8. The Balaban J connectivity index is 1.51. The number of aromatic nitrogens is 2.